The van der Waals surface area contributed by atoms with Crippen molar-refractivity contribution in [2.24, 2.45) is 0 Å². The maximum Gasteiger partial charge on any atom is 0.255 e. The number of hydrogen-bond donors (Lipinski definition) is 1. The number of aromatic nitrogens is 1. The van der Waals surface area contributed by atoms with Gasteiger partial charge in [0, 0.05) is 20.4 Å². The molecular formula is C20H13IN2OS. The number of benzene rings is 3. The number of amides is 1. The molecule has 0 fully saturated rings. The lowest BCUT2D eigenvalue weighted by atomic mass is 10.2. The Kier molecular flexibility index (Phi) is 4.50. The number of para-hydroxylation sites is 1. The van der Waals surface area contributed by atoms with E-state index in [1.165, 1.54) is 4.70 Å². The Morgan fingerprint density at radius 1 is 0.960 bits per heavy atom. The molecule has 1 aromatic heterocycles. The molecule has 1 heterocycles. The fraction of sp³-hybridized carbons (Fsp3) is 0. The van der Waals surface area contributed by atoms with Gasteiger partial charge in [-0.05, 0) is 77.2 Å². The Labute approximate surface area is 162 Å². The first-order valence-corrected chi connectivity index (χ1v) is 9.61. The van der Waals surface area contributed by atoms with Gasteiger partial charge in [-0.3, -0.25) is 4.79 Å². The Bertz CT molecular complexity index is 1020. The Morgan fingerprint density at radius 3 is 2.52 bits per heavy atom. The van der Waals surface area contributed by atoms with Crippen LogP contribution in [0.4, 0.5) is 5.69 Å². The molecule has 0 aliphatic heterocycles. The van der Waals surface area contributed by atoms with Crippen molar-refractivity contribution in [2.45, 2.75) is 0 Å². The van der Waals surface area contributed by atoms with Gasteiger partial charge in [0.25, 0.3) is 5.91 Å². The van der Waals surface area contributed by atoms with E-state index in [1.54, 1.807) is 11.3 Å². The normalized spacial score (nSPS) is 10.8. The van der Waals surface area contributed by atoms with Crippen molar-refractivity contribution in [2.75, 3.05) is 5.32 Å². The van der Waals surface area contributed by atoms with Crippen LogP contribution in [-0.4, -0.2) is 10.9 Å². The molecule has 3 aromatic carbocycles. The molecule has 0 saturated carbocycles. The average molecular weight is 456 g/mol. The van der Waals surface area contributed by atoms with Crippen LogP contribution in [0.25, 0.3) is 20.8 Å². The van der Waals surface area contributed by atoms with Gasteiger partial charge in [0.1, 0.15) is 5.01 Å². The van der Waals surface area contributed by atoms with Crippen LogP contribution in [0.5, 0.6) is 0 Å². The molecule has 4 rings (SSSR count). The van der Waals surface area contributed by atoms with Gasteiger partial charge >= 0.3 is 0 Å². The third-order valence-electron chi connectivity index (χ3n) is 3.77. The van der Waals surface area contributed by atoms with Gasteiger partial charge in [0.05, 0.1) is 10.2 Å². The van der Waals surface area contributed by atoms with Gasteiger partial charge in [-0.25, -0.2) is 4.98 Å². The number of thiazole rings is 1. The molecule has 0 bridgehead atoms. The molecule has 0 atom stereocenters. The Hall–Kier alpha value is -2.25. The summed E-state index contributed by atoms with van der Waals surface area (Å²) in [5.74, 6) is -0.105. The molecule has 0 radical (unpaired) electrons. The first-order valence-electron chi connectivity index (χ1n) is 7.72. The number of fused-ring (bicyclic) bond motifs is 1. The van der Waals surface area contributed by atoms with E-state index in [9.17, 15) is 4.79 Å². The van der Waals surface area contributed by atoms with Gasteiger partial charge in [-0.15, -0.1) is 11.3 Å². The molecule has 122 valence electrons. The molecule has 1 N–H and O–H groups in total. The molecule has 0 aliphatic carbocycles. The minimum absolute atomic E-state index is 0.105. The highest BCUT2D eigenvalue weighted by Crippen LogP contribution is 2.30. The lowest BCUT2D eigenvalue weighted by Crippen LogP contribution is -2.11. The number of carbonyl (C=O) groups is 1. The first-order chi connectivity index (χ1) is 12.2. The van der Waals surface area contributed by atoms with Gasteiger partial charge in [-0.2, -0.15) is 0 Å². The summed E-state index contributed by atoms with van der Waals surface area (Å²) in [5, 5.41) is 3.91. The Morgan fingerprint density at radius 2 is 1.76 bits per heavy atom. The van der Waals surface area contributed by atoms with Crippen molar-refractivity contribution in [3.63, 3.8) is 0 Å². The predicted octanol–water partition coefficient (Wildman–Crippen LogP) is 5.82. The predicted molar refractivity (Wildman–Crippen MR) is 112 cm³/mol. The van der Waals surface area contributed by atoms with Crippen molar-refractivity contribution in [1.29, 1.82) is 0 Å². The number of hydrogen-bond acceptors (Lipinski definition) is 3. The maximum absolute atomic E-state index is 12.3. The number of nitrogens with zero attached hydrogens (tertiary/aromatic N) is 1. The highest BCUT2D eigenvalue weighted by Gasteiger charge is 2.08. The fourth-order valence-corrected chi connectivity index (χ4v) is 4.04. The molecule has 25 heavy (non-hydrogen) atoms. The van der Waals surface area contributed by atoms with Crippen LogP contribution in [-0.2, 0) is 0 Å². The standard InChI is InChI=1S/C20H13IN2OS/c21-15-5-3-4-14(12-15)19(24)22-16-10-8-13(9-11-16)20-23-17-6-1-2-7-18(17)25-20/h1-12H,(H,22,24). The van der Waals surface area contributed by atoms with Crippen LogP contribution in [0.3, 0.4) is 0 Å². The zero-order valence-electron chi connectivity index (χ0n) is 13.1. The summed E-state index contributed by atoms with van der Waals surface area (Å²) in [4.78, 5) is 17.0. The average Bonchev–Trinajstić information content (AvgIpc) is 3.06. The van der Waals surface area contributed by atoms with Crippen LogP contribution in [0.1, 0.15) is 10.4 Å². The van der Waals surface area contributed by atoms with Crippen LogP contribution in [0.2, 0.25) is 0 Å². The van der Waals surface area contributed by atoms with Crippen molar-refractivity contribution in [3.8, 4) is 10.6 Å². The number of rotatable bonds is 3. The van der Waals surface area contributed by atoms with Crippen LogP contribution < -0.4 is 5.32 Å². The SMILES string of the molecule is O=C(Nc1ccc(-c2nc3ccccc3s2)cc1)c1cccc(I)c1. The summed E-state index contributed by atoms with van der Waals surface area (Å²) in [7, 11) is 0. The zero-order valence-corrected chi connectivity index (χ0v) is 16.0. The monoisotopic (exact) mass is 456 g/mol. The molecule has 4 aromatic rings. The largest absolute Gasteiger partial charge is 0.322 e. The molecule has 0 saturated heterocycles. The van der Waals surface area contributed by atoms with E-state index >= 15 is 0 Å². The van der Waals surface area contributed by atoms with Gasteiger partial charge < -0.3 is 5.32 Å². The summed E-state index contributed by atoms with van der Waals surface area (Å²) >= 11 is 3.87. The smallest absolute Gasteiger partial charge is 0.255 e. The Balaban J connectivity index is 1.54. The van der Waals surface area contributed by atoms with Crippen LogP contribution in [0, 0.1) is 3.57 Å². The fourth-order valence-electron chi connectivity index (χ4n) is 2.52. The summed E-state index contributed by atoms with van der Waals surface area (Å²) in [6.45, 7) is 0. The summed E-state index contributed by atoms with van der Waals surface area (Å²) in [5.41, 5.74) is 3.49. The van der Waals surface area contributed by atoms with E-state index in [1.807, 2.05) is 66.7 Å². The van der Waals surface area contributed by atoms with Gasteiger partial charge in [-0.1, -0.05) is 18.2 Å². The van der Waals surface area contributed by atoms with E-state index in [0.717, 1.165) is 25.3 Å². The van der Waals surface area contributed by atoms with Crippen molar-refractivity contribution >= 4 is 55.7 Å². The van der Waals surface area contributed by atoms with E-state index in [0.29, 0.717) is 5.56 Å². The topological polar surface area (TPSA) is 42.0 Å². The molecule has 5 heteroatoms. The highest BCUT2D eigenvalue weighted by molar-refractivity contribution is 14.1. The van der Waals surface area contributed by atoms with Crippen molar-refractivity contribution in [3.05, 3.63) is 81.9 Å². The van der Waals surface area contributed by atoms with E-state index in [2.05, 4.69) is 39.0 Å². The molecule has 0 spiro atoms. The summed E-state index contributed by atoms with van der Waals surface area (Å²) < 4.78 is 2.21. The second-order valence-electron chi connectivity index (χ2n) is 5.53. The zero-order chi connectivity index (χ0) is 17.2. The second kappa shape index (κ2) is 6.93. The molecule has 0 aliphatic rings. The van der Waals surface area contributed by atoms with E-state index in [-0.39, 0.29) is 5.91 Å². The lowest BCUT2D eigenvalue weighted by molar-refractivity contribution is 0.102. The summed E-state index contributed by atoms with van der Waals surface area (Å²) in [6.07, 6.45) is 0. The van der Waals surface area contributed by atoms with E-state index < -0.39 is 0 Å². The van der Waals surface area contributed by atoms with Gasteiger partial charge in [0.15, 0.2) is 0 Å². The molecule has 3 nitrogen and oxygen atoms in total. The van der Waals surface area contributed by atoms with Crippen molar-refractivity contribution in [1.82, 2.24) is 4.98 Å². The number of nitrogens with one attached hydrogen (secondary N) is 1. The minimum Gasteiger partial charge on any atom is -0.322 e. The van der Waals surface area contributed by atoms with E-state index in [4.69, 9.17) is 0 Å². The molecule has 1 amide bonds. The maximum atomic E-state index is 12.3. The first kappa shape index (κ1) is 16.2. The van der Waals surface area contributed by atoms with Crippen molar-refractivity contribution < 1.29 is 4.79 Å². The third-order valence-corrected chi connectivity index (χ3v) is 5.53. The highest BCUT2D eigenvalue weighted by atomic mass is 127. The number of halogens is 1. The molecular weight excluding hydrogens is 443 g/mol. The van der Waals surface area contributed by atoms with Crippen LogP contribution >= 0.6 is 33.9 Å². The minimum atomic E-state index is -0.105. The summed E-state index contributed by atoms with van der Waals surface area (Å²) in [6, 6.07) is 23.4. The molecule has 0 unspecified atom stereocenters. The third kappa shape index (κ3) is 3.57. The van der Waals surface area contributed by atoms with Crippen LogP contribution in [0.15, 0.2) is 72.8 Å². The quantitative estimate of drug-likeness (QED) is 0.395. The lowest BCUT2D eigenvalue weighted by Gasteiger charge is -2.06. The number of anilines is 1. The van der Waals surface area contributed by atoms with Gasteiger partial charge in [0.2, 0.25) is 0 Å². The number of carbonyl (C=O) groups excluding carboxylic acids is 1. The second-order valence-corrected chi connectivity index (χ2v) is 7.80.